The first-order valence-corrected chi connectivity index (χ1v) is 9.02. The van der Waals surface area contributed by atoms with E-state index in [1.807, 2.05) is 12.3 Å². The van der Waals surface area contributed by atoms with Gasteiger partial charge in [-0.05, 0) is 47.1 Å². The third-order valence-corrected chi connectivity index (χ3v) is 4.55. The van der Waals surface area contributed by atoms with Crippen LogP contribution in [0.15, 0.2) is 51.2 Å². The molecule has 3 aromatic rings. The molecule has 0 unspecified atom stereocenters. The number of H-pyrrole nitrogens is 1. The lowest BCUT2D eigenvalue weighted by atomic mass is 10.2. The monoisotopic (exact) mass is 419 g/mol. The molecule has 0 bridgehead atoms. The van der Waals surface area contributed by atoms with Crippen molar-refractivity contribution in [3.8, 4) is 5.75 Å². The van der Waals surface area contributed by atoms with Gasteiger partial charge in [-0.1, -0.05) is 6.07 Å². The molecule has 1 aromatic carbocycles. The molecular formula is C17H14BrN3O3S. The zero-order valence-electron chi connectivity index (χ0n) is 13.2. The Bertz CT molecular complexity index is 968. The van der Waals surface area contributed by atoms with Crippen LogP contribution in [0.2, 0.25) is 0 Å². The fraction of sp³-hybridized carbons (Fsp3) is 0.118. The Labute approximate surface area is 156 Å². The summed E-state index contributed by atoms with van der Waals surface area (Å²) in [4.78, 5) is 31.0. The van der Waals surface area contributed by atoms with Crippen molar-refractivity contribution in [1.29, 1.82) is 0 Å². The molecular weight excluding hydrogens is 406 g/mol. The summed E-state index contributed by atoms with van der Waals surface area (Å²) in [7, 11) is 0. The van der Waals surface area contributed by atoms with E-state index in [-0.39, 0.29) is 11.2 Å². The molecule has 2 heterocycles. The molecule has 0 atom stereocenters. The number of carbonyl (C=O) groups is 1. The maximum absolute atomic E-state index is 12.4. The average Bonchev–Trinajstić information content (AvgIpc) is 3.02. The predicted molar refractivity (Wildman–Crippen MR) is 100 cm³/mol. The summed E-state index contributed by atoms with van der Waals surface area (Å²) in [5, 5.41) is 5.51. The number of rotatable bonds is 5. The van der Waals surface area contributed by atoms with Gasteiger partial charge in [-0.3, -0.25) is 9.59 Å². The van der Waals surface area contributed by atoms with Gasteiger partial charge in [-0.25, -0.2) is 4.98 Å². The highest BCUT2D eigenvalue weighted by Gasteiger charge is 2.10. The van der Waals surface area contributed by atoms with Gasteiger partial charge in [-0.2, -0.15) is 0 Å². The van der Waals surface area contributed by atoms with Crippen molar-refractivity contribution < 1.29 is 9.53 Å². The van der Waals surface area contributed by atoms with Gasteiger partial charge in [0.2, 0.25) is 0 Å². The molecule has 128 valence electrons. The number of anilines is 1. The quantitative estimate of drug-likeness (QED) is 0.659. The first-order valence-electron chi connectivity index (χ1n) is 7.35. The topological polar surface area (TPSA) is 84.1 Å². The molecule has 0 aliphatic rings. The molecule has 6 nitrogen and oxygen atoms in total. The van der Waals surface area contributed by atoms with E-state index in [9.17, 15) is 9.59 Å². The second kappa shape index (κ2) is 7.62. The zero-order valence-corrected chi connectivity index (χ0v) is 15.6. The number of nitrogens with one attached hydrogen (secondary N) is 2. The molecule has 2 N–H and O–H groups in total. The van der Waals surface area contributed by atoms with Gasteiger partial charge in [0.25, 0.3) is 11.5 Å². The number of nitrogens with zero attached hydrogens (tertiary/aromatic N) is 1. The van der Waals surface area contributed by atoms with Crippen LogP contribution < -0.4 is 15.6 Å². The molecule has 3 rings (SSSR count). The third-order valence-electron chi connectivity index (χ3n) is 3.27. The number of ether oxygens (including phenoxy) is 1. The molecule has 2 aromatic heterocycles. The van der Waals surface area contributed by atoms with E-state index in [1.54, 1.807) is 41.7 Å². The number of hydrogen-bond donors (Lipinski definition) is 2. The van der Waals surface area contributed by atoms with Crippen molar-refractivity contribution >= 4 is 38.9 Å². The number of aromatic amines is 1. The highest BCUT2D eigenvalue weighted by Crippen LogP contribution is 2.17. The number of halogens is 1. The Morgan fingerprint density at radius 2 is 2.24 bits per heavy atom. The van der Waals surface area contributed by atoms with Crippen LogP contribution in [-0.2, 0) is 6.61 Å². The van der Waals surface area contributed by atoms with Crippen LogP contribution in [0.5, 0.6) is 5.75 Å². The lowest BCUT2D eigenvalue weighted by Gasteiger charge is -2.08. The van der Waals surface area contributed by atoms with Crippen molar-refractivity contribution in [1.82, 2.24) is 9.97 Å². The van der Waals surface area contributed by atoms with Gasteiger partial charge in [0.15, 0.2) is 0 Å². The minimum Gasteiger partial charge on any atom is -0.487 e. The summed E-state index contributed by atoms with van der Waals surface area (Å²) in [5.74, 6) is 0.167. The lowest BCUT2D eigenvalue weighted by molar-refractivity contribution is 0.102. The number of aryl methyl sites for hydroxylation is 1. The predicted octanol–water partition coefficient (Wildman–Crippen LogP) is 3.73. The number of pyridine rings is 1. The van der Waals surface area contributed by atoms with Crippen molar-refractivity contribution in [2.75, 3.05) is 5.32 Å². The third kappa shape index (κ3) is 4.55. The highest BCUT2D eigenvalue weighted by molar-refractivity contribution is 9.10. The lowest BCUT2D eigenvalue weighted by Crippen LogP contribution is -2.19. The molecule has 25 heavy (non-hydrogen) atoms. The summed E-state index contributed by atoms with van der Waals surface area (Å²) < 4.78 is 6.34. The van der Waals surface area contributed by atoms with Crippen molar-refractivity contribution in [2.24, 2.45) is 0 Å². The molecule has 0 spiro atoms. The van der Waals surface area contributed by atoms with Crippen molar-refractivity contribution in [2.45, 2.75) is 13.5 Å². The van der Waals surface area contributed by atoms with E-state index in [1.165, 1.54) is 6.20 Å². The summed E-state index contributed by atoms with van der Waals surface area (Å²) in [6.45, 7) is 2.27. The number of hydrogen-bond acceptors (Lipinski definition) is 5. The minimum atomic E-state index is -0.390. The molecule has 0 radical (unpaired) electrons. The summed E-state index contributed by atoms with van der Waals surface area (Å²) in [5.41, 5.74) is 1.04. The van der Waals surface area contributed by atoms with Crippen LogP contribution >= 0.6 is 27.3 Å². The largest absolute Gasteiger partial charge is 0.487 e. The van der Waals surface area contributed by atoms with Crippen LogP contribution in [0.3, 0.4) is 0 Å². The van der Waals surface area contributed by atoms with E-state index in [2.05, 4.69) is 31.2 Å². The number of benzene rings is 1. The number of carbonyl (C=O) groups excluding carboxylic acids is 1. The maximum Gasteiger partial charge on any atom is 0.271 e. The Hall–Kier alpha value is -2.45. The molecule has 0 aliphatic heterocycles. The number of amides is 1. The van der Waals surface area contributed by atoms with Gasteiger partial charge >= 0.3 is 0 Å². The van der Waals surface area contributed by atoms with Gasteiger partial charge in [0.1, 0.15) is 18.0 Å². The van der Waals surface area contributed by atoms with Crippen molar-refractivity contribution in [3.05, 3.63) is 73.0 Å². The first-order chi connectivity index (χ1) is 12.0. The standard InChI is InChI=1S/C17H14BrN3O3S/c1-10-20-13(9-25-10)8-24-14-4-2-3-11(5-14)16(22)21-15-6-12(18)7-19-17(15)23/h2-7,9H,8H2,1H3,(H,19,23)(H,21,22). The van der Waals surface area contributed by atoms with Crippen LogP contribution in [0.1, 0.15) is 21.1 Å². The number of aromatic nitrogens is 2. The molecule has 0 fully saturated rings. The minimum absolute atomic E-state index is 0.170. The smallest absolute Gasteiger partial charge is 0.271 e. The Morgan fingerprint density at radius 1 is 1.40 bits per heavy atom. The number of thiazole rings is 1. The van der Waals surface area contributed by atoms with Gasteiger partial charge in [-0.15, -0.1) is 11.3 Å². The first kappa shape index (κ1) is 17.4. The van der Waals surface area contributed by atoms with Crippen LogP contribution in [0, 0.1) is 6.92 Å². The average molecular weight is 420 g/mol. The van der Waals surface area contributed by atoms with E-state index >= 15 is 0 Å². The van der Waals surface area contributed by atoms with Crippen LogP contribution in [0.25, 0.3) is 0 Å². The van der Waals surface area contributed by atoms with E-state index in [0.29, 0.717) is 22.4 Å². The fourth-order valence-corrected chi connectivity index (χ4v) is 3.04. The molecule has 1 amide bonds. The van der Waals surface area contributed by atoms with E-state index in [4.69, 9.17) is 4.74 Å². The van der Waals surface area contributed by atoms with Gasteiger partial charge in [0, 0.05) is 21.6 Å². The Kier molecular flexibility index (Phi) is 5.30. The SMILES string of the molecule is Cc1nc(COc2cccc(C(=O)Nc3cc(Br)c[nH]c3=O)c2)cs1. The van der Waals surface area contributed by atoms with Crippen molar-refractivity contribution in [3.63, 3.8) is 0 Å². The zero-order chi connectivity index (χ0) is 17.8. The fourth-order valence-electron chi connectivity index (χ4n) is 2.10. The molecule has 0 saturated heterocycles. The Balaban J connectivity index is 1.70. The van der Waals surface area contributed by atoms with E-state index < -0.39 is 5.91 Å². The molecule has 8 heteroatoms. The van der Waals surface area contributed by atoms with E-state index in [0.717, 1.165) is 10.7 Å². The normalized spacial score (nSPS) is 10.5. The van der Waals surface area contributed by atoms with Crippen LogP contribution in [-0.4, -0.2) is 15.9 Å². The van der Waals surface area contributed by atoms with Crippen LogP contribution in [0.4, 0.5) is 5.69 Å². The molecule has 0 aliphatic carbocycles. The summed E-state index contributed by atoms with van der Waals surface area (Å²) in [6, 6.07) is 8.31. The molecule has 0 saturated carbocycles. The van der Waals surface area contributed by atoms with Gasteiger partial charge in [0.05, 0.1) is 10.7 Å². The second-order valence-corrected chi connectivity index (χ2v) is 7.17. The Morgan fingerprint density at radius 3 is 3.00 bits per heavy atom. The van der Waals surface area contributed by atoms with Gasteiger partial charge < -0.3 is 15.0 Å². The maximum atomic E-state index is 12.4. The summed E-state index contributed by atoms with van der Waals surface area (Å²) >= 11 is 4.81. The summed E-state index contributed by atoms with van der Waals surface area (Å²) in [6.07, 6.45) is 1.51. The second-order valence-electron chi connectivity index (χ2n) is 5.19. The highest BCUT2D eigenvalue weighted by atomic mass is 79.9.